The Morgan fingerprint density at radius 1 is 1.13 bits per heavy atom. The monoisotopic (exact) mass is 429 g/mol. The van der Waals surface area contributed by atoms with E-state index in [4.69, 9.17) is 9.47 Å². The molecule has 1 N–H and O–H groups in total. The smallest absolute Gasteiger partial charge is 0.249 e. The van der Waals surface area contributed by atoms with Crippen LogP contribution in [0.2, 0.25) is 0 Å². The highest BCUT2D eigenvalue weighted by molar-refractivity contribution is 5.79. The van der Waals surface area contributed by atoms with E-state index in [1.807, 2.05) is 0 Å². The van der Waals surface area contributed by atoms with E-state index in [9.17, 15) is 9.90 Å². The van der Waals surface area contributed by atoms with Crippen LogP contribution in [0.25, 0.3) is 0 Å². The molecular formula is C24H35N3O4. The minimum Gasteiger partial charge on any atom is -0.388 e. The Kier molecular flexibility index (Phi) is 5.94. The fraction of sp³-hybridized carbons (Fsp3) is 0.708. The summed E-state index contributed by atoms with van der Waals surface area (Å²) in [5.41, 5.74) is 1.88. The zero-order valence-electron chi connectivity index (χ0n) is 18.5. The van der Waals surface area contributed by atoms with Gasteiger partial charge in [0, 0.05) is 57.7 Å². The zero-order chi connectivity index (χ0) is 21.4. The Morgan fingerprint density at radius 2 is 1.87 bits per heavy atom. The molecule has 0 spiro atoms. The number of nitrogens with zero attached hydrogens (tertiary/aromatic N) is 3. The first-order valence-electron chi connectivity index (χ1n) is 11.8. The summed E-state index contributed by atoms with van der Waals surface area (Å²) in [5.74, 6) is 0.111. The highest BCUT2D eigenvalue weighted by Gasteiger charge is 2.47. The number of amides is 1. The van der Waals surface area contributed by atoms with Crippen molar-refractivity contribution in [3.8, 4) is 0 Å². The molecule has 4 heterocycles. The van der Waals surface area contributed by atoms with Gasteiger partial charge >= 0.3 is 0 Å². The van der Waals surface area contributed by atoms with Crippen LogP contribution in [0.4, 0.5) is 5.69 Å². The number of aryl methyl sites for hydroxylation is 1. The van der Waals surface area contributed by atoms with Gasteiger partial charge in [-0.2, -0.15) is 0 Å². The first kappa shape index (κ1) is 21.2. The number of fused-ring (bicyclic) bond motifs is 1. The van der Waals surface area contributed by atoms with E-state index in [0.717, 1.165) is 65.1 Å². The van der Waals surface area contributed by atoms with E-state index in [2.05, 4.69) is 45.9 Å². The molecule has 0 bridgehead atoms. The molecule has 0 saturated carbocycles. The number of para-hydroxylation sites is 1. The molecule has 0 aromatic heterocycles. The van der Waals surface area contributed by atoms with Gasteiger partial charge in [-0.05, 0) is 44.2 Å². The standard InChI is InChI=1S/C24H35N3O4/c1-18-4-2-3-5-20(18)26-10-8-24(29,9-11-26)17-25-14-21-22(15-25)31-16-23(28)27(21)19-6-12-30-13-7-19/h2-5,19,21-22,29H,6-17H2,1H3/t21-,22-/m0/s1. The second-order valence-corrected chi connectivity index (χ2v) is 9.75. The van der Waals surface area contributed by atoms with Crippen LogP contribution in [-0.2, 0) is 14.3 Å². The van der Waals surface area contributed by atoms with E-state index < -0.39 is 5.60 Å². The molecule has 0 unspecified atom stereocenters. The summed E-state index contributed by atoms with van der Waals surface area (Å²) in [6, 6.07) is 8.83. The van der Waals surface area contributed by atoms with E-state index in [1.54, 1.807) is 0 Å². The molecular weight excluding hydrogens is 394 g/mol. The van der Waals surface area contributed by atoms with Crippen LogP contribution in [0.1, 0.15) is 31.2 Å². The normalized spacial score (nSPS) is 29.9. The molecule has 1 amide bonds. The Labute approximate surface area is 184 Å². The summed E-state index contributed by atoms with van der Waals surface area (Å²) in [6.45, 7) is 7.76. The quantitative estimate of drug-likeness (QED) is 0.781. The van der Waals surface area contributed by atoms with Crippen LogP contribution in [-0.4, -0.2) is 97.1 Å². The predicted molar refractivity (Wildman–Crippen MR) is 118 cm³/mol. The molecule has 2 atom stereocenters. The van der Waals surface area contributed by atoms with Crippen LogP contribution in [0.5, 0.6) is 0 Å². The number of carbonyl (C=O) groups excluding carboxylic acids is 1. The lowest BCUT2D eigenvalue weighted by atomic mass is 9.90. The number of aliphatic hydroxyl groups is 1. The van der Waals surface area contributed by atoms with Crippen molar-refractivity contribution < 1.29 is 19.4 Å². The minimum absolute atomic E-state index is 0.0520. The molecule has 31 heavy (non-hydrogen) atoms. The van der Waals surface area contributed by atoms with Crippen molar-refractivity contribution in [2.75, 3.05) is 57.4 Å². The Balaban J connectivity index is 1.20. The number of β-amino-alcohol motifs (C(OH)–C–C–N with tert-alkyl or cyclic N) is 1. The molecule has 7 heteroatoms. The highest BCUT2D eigenvalue weighted by Crippen LogP contribution is 2.33. The van der Waals surface area contributed by atoms with Crippen molar-refractivity contribution in [1.82, 2.24) is 9.80 Å². The molecule has 7 nitrogen and oxygen atoms in total. The van der Waals surface area contributed by atoms with E-state index in [-0.39, 0.29) is 30.7 Å². The van der Waals surface area contributed by atoms with E-state index in [0.29, 0.717) is 6.54 Å². The number of hydrogen-bond donors (Lipinski definition) is 1. The minimum atomic E-state index is -0.680. The topological polar surface area (TPSA) is 65.5 Å². The molecule has 1 aromatic rings. The Bertz CT molecular complexity index is 789. The number of anilines is 1. The lowest BCUT2D eigenvalue weighted by Crippen LogP contribution is -2.59. The van der Waals surface area contributed by atoms with Crippen molar-refractivity contribution in [3.05, 3.63) is 29.8 Å². The summed E-state index contributed by atoms with van der Waals surface area (Å²) in [6.07, 6.45) is 3.39. The molecule has 5 rings (SSSR count). The van der Waals surface area contributed by atoms with Gasteiger partial charge in [0.2, 0.25) is 5.91 Å². The number of rotatable bonds is 4. The molecule has 0 aliphatic carbocycles. The van der Waals surface area contributed by atoms with Gasteiger partial charge in [0.15, 0.2) is 0 Å². The van der Waals surface area contributed by atoms with Crippen LogP contribution in [0.3, 0.4) is 0 Å². The summed E-state index contributed by atoms with van der Waals surface area (Å²) < 4.78 is 11.4. The number of benzene rings is 1. The second-order valence-electron chi connectivity index (χ2n) is 9.75. The van der Waals surface area contributed by atoms with Gasteiger partial charge in [0.05, 0.1) is 17.7 Å². The molecule has 170 valence electrons. The number of hydrogen-bond acceptors (Lipinski definition) is 6. The number of likely N-dealkylation sites (tertiary alicyclic amines) is 1. The maximum absolute atomic E-state index is 12.7. The number of piperidine rings is 1. The van der Waals surface area contributed by atoms with Crippen LogP contribution in [0.15, 0.2) is 24.3 Å². The molecule has 4 fully saturated rings. The zero-order valence-corrected chi connectivity index (χ0v) is 18.5. The number of carbonyl (C=O) groups is 1. The Morgan fingerprint density at radius 3 is 2.61 bits per heavy atom. The number of ether oxygens (including phenoxy) is 2. The summed E-state index contributed by atoms with van der Waals surface area (Å²) in [4.78, 5) is 19.5. The second kappa shape index (κ2) is 8.70. The third-order valence-corrected chi connectivity index (χ3v) is 7.63. The average Bonchev–Trinajstić information content (AvgIpc) is 3.17. The third-order valence-electron chi connectivity index (χ3n) is 7.63. The van der Waals surface area contributed by atoms with Crippen LogP contribution < -0.4 is 4.90 Å². The first-order chi connectivity index (χ1) is 15.0. The van der Waals surface area contributed by atoms with Crippen molar-refractivity contribution in [2.24, 2.45) is 0 Å². The fourth-order valence-corrected chi connectivity index (χ4v) is 5.92. The molecule has 4 aliphatic rings. The Hall–Kier alpha value is -1.67. The summed E-state index contributed by atoms with van der Waals surface area (Å²) in [5, 5.41) is 11.4. The van der Waals surface area contributed by atoms with Gasteiger partial charge in [0.1, 0.15) is 6.61 Å². The summed E-state index contributed by atoms with van der Waals surface area (Å²) in [7, 11) is 0. The van der Waals surface area contributed by atoms with E-state index in [1.165, 1.54) is 11.3 Å². The van der Waals surface area contributed by atoms with Crippen molar-refractivity contribution in [3.63, 3.8) is 0 Å². The number of morpholine rings is 1. The van der Waals surface area contributed by atoms with Gasteiger partial charge in [-0.1, -0.05) is 18.2 Å². The lowest BCUT2D eigenvalue weighted by molar-refractivity contribution is -0.159. The van der Waals surface area contributed by atoms with Gasteiger partial charge in [0.25, 0.3) is 0 Å². The van der Waals surface area contributed by atoms with Crippen LogP contribution in [0, 0.1) is 6.92 Å². The molecule has 4 aliphatic heterocycles. The van der Waals surface area contributed by atoms with Crippen molar-refractivity contribution in [2.45, 2.75) is 56.4 Å². The molecule has 1 aromatic carbocycles. The first-order valence-corrected chi connectivity index (χ1v) is 11.8. The van der Waals surface area contributed by atoms with Gasteiger partial charge in [-0.25, -0.2) is 0 Å². The third kappa shape index (κ3) is 4.33. The average molecular weight is 430 g/mol. The van der Waals surface area contributed by atoms with Crippen molar-refractivity contribution >= 4 is 11.6 Å². The highest BCUT2D eigenvalue weighted by atomic mass is 16.5. The van der Waals surface area contributed by atoms with E-state index >= 15 is 0 Å². The maximum atomic E-state index is 12.7. The summed E-state index contributed by atoms with van der Waals surface area (Å²) >= 11 is 0. The predicted octanol–water partition coefficient (Wildman–Crippen LogP) is 1.42. The molecule has 4 saturated heterocycles. The van der Waals surface area contributed by atoms with Crippen molar-refractivity contribution in [1.29, 1.82) is 0 Å². The molecule has 0 radical (unpaired) electrons. The van der Waals surface area contributed by atoms with Gasteiger partial charge in [-0.15, -0.1) is 0 Å². The van der Waals surface area contributed by atoms with Gasteiger partial charge in [-0.3, -0.25) is 9.69 Å². The fourth-order valence-electron chi connectivity index (χ4n) is 5.92. The largest absolute Gasteiger partial charge is 0.388 e. The van der Waals surface area contributed by atoms with Crippen LogP contribution >= 0.6 is 0 Å². The SMILES string of the molecule is Cc1ccccc1N1CCC(O)(CN2C[C@@H]3OCC(=O)N(C4CCOCC4)[C@H]3C2)CC1. The van der Waals surface area contributed by atoms with Gasteiger partial charge < -0.3 is 24.4 Å². The maximum Gasteiger partial charge on any atom is 0.249 e. The lowest BCUT2D eigenvalue weighted by Gasteiger charge is -2.43.